The topological polar surface area (TPSA) is 9.23 Å². The van der Waals surface area contributed by atoms with Gasteiger partial charge >= 0.3 is 0 Å². The summed E-state index contributed by atoms with van der Waals surface area (Å²) in [5.74, 6) is 0.600. The molecule has 84 valence electrons. The molecule has 1 heterocycles. The van der Waals surface area contributed by atoms with E-state index in [0.29, 0.717) is 5.92 Å². The molecule has 0 fully saturated rings. The Labute approximate surface area is 93.5 Å². The van der Waals surface area contributed by atoms with Crippen LogP contribution in [-0.4, -0.2) is 6.61 Å². The molecule has 1 aliphatic heterocycles. The van der Waals surface area contributed by atoms with Gasteiger partial charge in [0.2, 0.25) is 0 Å². The third kappa shape index (κ3) is 5.46. The molecule has 1 nitrogen and oxygen atoms in total. The number of rotatable bonds is 5. The zero-order valence-electron chi connectivity index (χ0n) is 10.1. The third-order valence-corrected chi connectivity index (χ3v) is 2.62. The predicted molar refractivity (Wildman–Crippen MR) is 65.6 cm³/mol. The van der Waals surface area contributed by atoms with Crippen LogP contribution in [0, 0.1) is 5.92 Å². The SMILES string of the molecule is CC(C)=CCC/C(C)=C/CC1C=COC1. The molecule has 0 amide bonds. The van der Waals surface area contributed by atoms with Gasteiger partial charge in [-0.2, -0.15) is 0 Å². The molecule has 1 rings (SSSR count). The highest BCUT2D eigenvalue weighted by atomic mass is 16.5. The van der Waals surface area contributed by atoms with E-state index in [1.165, 1.54) is 24.0 Å². The number of ether oxygens (including phenoxy) is 1. The van der Waals surface area contributed by atoms with Crippen molar-refractivity contribution in [2.24, 2.45) is 5.92 Å². The predicted octanol–water partition coefficient (Wildman–Crippen LogP) is 4.23. The van der Waals surface area contributed by atoms with Crippen molar-refractivity contribution in [1.82, 2.24) is 0 Å². The van der Waals surface area contributed by atoms with E-state index < -0.39 is 0 Å². The lowest BCUT2D eigenvalue weighted by Crippen LogP contribution is -1.96. The fourth-order valence-electron chi connectivity index (χ4n) is 1.59. The van der Waals surface area contributed by atoms with Crippen molar-refractivity contribution < 1.29 is 4.74 Å². The molecule has 1 atom stereocenters. The minimum Gasteiger partial charge on any atom is -0.501 e. The summed E-state index contributed by atoms with van der Waals surface area (Å²) in [5.41, 5.74) is 2.91. The summed E-state index contributed by atoms with van der Waals surface area (Å²) < 4.78 is 5.18. The Morgan fingerprint density at radius 2 is 2.13 bits per heavy atom. The van der Waals surface area contributed by atoms with E-state index in [2.05, 4.69) is 39.0 Å². The summed E-state index contributed by atoms with van der Waals surface area (Å²) in [5, 5.41) is 0. The van der Waals surface area contributed by atoms with Crippen LogP contribution in [0.4, 0.5) is 0 Å². The van der Waals surface area contributed by atoms with Gasteiger partial charge in [0.1, 0.15) is 0 Å². The largest absolute Gasteiger partial charge is 0.501 e. The monoisotopic (exact) mass is 206 g/mol. The van der Waals surface area contributed by atoms with Crippen LogP contribution in [0.2, 0.25) is 0 Å². The van der Waals surface area contributed by atoms with E-state index in [0.717, 1.165) is 13.0 Å². The first kappa shape index (κ1) is 12.1. The smallest absolute Gasteiger partial charge is 0.0939 e. The molecule has 15 heavy (non-hydrogen) atoms. The van der Waals surface area contributed by atoms with Crippen LogP contribution in [0.3, 0.4) is 0 Å². The fourth-order valence-corrected chi connectivity index (χ4v) is 1.59. The van der Waals surface area contributed by atoms with Crippen LogP contribution in [0.15, 0.2) is 35.6 Å². The Hall–Kier alpha value is -0.980. The Balaban J connectivity index is 2.20. The van der Waals surface area contributed by atoms with Crippen LogP contribution in [0.1, 0.15) is 40.0 Å². The standard InChI is InChI=1S/C14H22O/c1-12(2)5-4-6-13(3)7-8-14-9-10-15-11-14/h5,7,9-10,14H,4,6,8,11H2,1-3H3/b13-7+. The van der Waals surface area contributed by atoms with Gasteiger partial charge in [-0.1, -0.05) is 23.3 Å². The maximum absolute atomic E-state index is 5.18. The summed E-state index contributed by atoms with van der Waals surface area (Å²) in [4.78, 5) is 0. The minimum absolute atomic E-state index is 0.600. The summed E-state index contributed by atoms with van der Waals surface area (Å²) in [6.07, 6.45) is 12.1. The molecule has 0 bridgehead atoms. The highest BCUT2D eigenvalue weighted by Crippen LogP contribution is 2.16. The molecule has 0 aromatic carbocycles. The van der Waals surface area contributed by atoms with Gasteiger partial charge in [0.15, 0.2) is 0 Å². The third-order valence-electron chi connectivity index (χ3n) is 2.62. The summed E-state index contributed by atoms with van der Waals surface area (Å²) >= 11 is 0. The lowest BCUT2D eigenvalue weighted by molar-refractivity contribution is 0.249. The summed E-state index contributed by atoms with van der Waals surface area (Å²) in [6.45, 7) is 7.38. The van der Waals surface area contributed by atoms with Crippen LogP contribution >= 0.6 is 0 Å². The first-order valence-electron chi connectivity index (χ1n) is 5.75. The molecule has 0 radical (unpaired) electrons. The van der Waals surface area contributed by atoms with Crippen molar-refractivity contribution >= 4 is 0 Å². The van der Waals surface area contributed by atoms with E-state index in [1.54, 1.807) is 0 Å². The van der Waals surface area contributed by atoms with Crippen LogP contribution < -0.4 is 0 Å². The average Bonchev–Trinajstić information content (AvgIpc) is 2.66. The van der Waals surface area contributed by atoms with E-state index >= 15 is 0 Å². The molecule has 0 N–H and O–H groups in total. The minimum atomic E-state index is 0.600. The highest BCUT2D eigenvalue weighted by Gasteiger charge is 2.07. The first-order valence-corrected chi connectivity index (χ1v) is 5.75. The van der Waals surface area contributed by atoms with Gasteiger partial charge in [0.05, 0.1) is 12.9 Å². The maximum atomic E-state index is 5.18. The van der Waals surface area contributed by atoms with Crippen molar-refractivity contribution in [1.29, 1.82) is 0 Å². The van der Waals surface area contributed by atoms with Gasteiger partial charge < -0.3 is 4.74 Å². The lowest BCUT2D eigenvalue weighted by atomic mass is 10.0. The highest BCUT2D eigenvalue weighted by molar-refractivity contribution is 5.04. The molecule has 1 aliphatic rings. The van der Waals surface area contributed by atoms with E-state index in [4.69, 9.17) is 4.74 Å². The van der Waals surface area contributed by atoms with Gasteiger partial charge in [-0.05, 0) is 46.1 Å². The molecule has 0 aromatic rings. The number of hydrogen-bond donors (Lipinski definition) is 0. The van der Waals surface area contributed by atoms with Gasteiger partial charge in [0.25, 0.3) is 0 Å². The van der Waals surface area contributed by atoms with Gasteiger partial charge in [-0.25, -0.2) is 0 Å². The van der Waals surface area contributed by atoms with Crippen LogP contribution in [0.5, 0.6) is 0 Å². The van der Waals surface area contributed by atoms with Crippen molar-refractivity contribution in [2.45, 2.75) is 40.0 Å². The Morgan fingerprint density at radius 1 is 1.33 bits per heavy atom. The van der Waals surface area contributed by atoms with Gasteiger partial charge in [0, 0.05) is 5.92 Å². The van der Waals surface area contributed by atoms with Crippen molar-refractivity contribution in [3.8, 4) is 0 Å². The average molecular weight is 206 g/mol. The Bertz CT molecular complexity index is 267. The molecule has 0 saturated carbocycles. The summed E-state index contributed by atoms with van der Waals surface area (Å²) in [7, 11) is 0. The molecular formula is C14H22O. The summed E-state index contributed by atoms with van der Waals surface area (Å²) in [6, 6.07) is 0. The van der Waals surface area contributed by atoms with Crippen molar-refractivity contribution in [2.75, 3.05) is 6.61 Å². The molecule has 0 aromatic heterocycles. The van der Waals surface area contributed by atoms with E-state index in [-0.39, 0.29) is 0 Å². The zero-order chi connectivity index (χ0) is 11.1. The normalized spacial score (nSPS) is 20.2. The van der Waals surface area contributed by atoms with Gasteiger partial charge in [-0.15, -0.1) is 0 Å². The lowest BCUT2D eigenvalue weighted by Gasteiger charge is -2.03. The van der Waals surface area contributed by atoms with Crippen molar-refractivity contribution in [3.63, 3.8) is 0 Å². The maximum Gasteiger partial charge on any atom is 0.0939 e. The molecule has 0 spiro atoms. The molecular weight excluding hydrogens is 184 g/mol. The molecule has 1 unspecified atom stereocenters. The van der Waals surface area contributed by atoms with E-state index in [9.17, 15) is 0 Å². The number of allylic oxidation sites excluding steroid dienone is 4. The quantitative estimate of drug-likeness (QED) is 0.612. The Kier molecular flexibility index (Phi) is 5.23. The van der Waals surface area contributed by atoms with Crippen LogP contribution in [-0.2, 0) is 4.74 Å². The van der Waals surface area contributed by atoms with Crippen molar-refractivity contribution in [3.05, 3.63) is 35.6 Å². The zero-order valence-corrected chi connectivity index (χ0v) is 10.1. The van der Waals surface area contributed by atoms with E-state index in [1.807, 2.05) is 6.26 Å². The first-order chi connectivity index (χ1) is 7.18. The fraction of sp³-hybridized carbons (Fsp3) is 0.571. The second-order valence-electron chi connectivity index (χ2n) is 4.53. The molecule has 0 saturated heterocycles. The molecule has 0 aliphatic carbocycles. The van der Waals surface area contributed by atoms with Gasteiger partial charge in [-0.3, -0.25) is 0 Å². The second kappa shape index (κ2) is 6.49. The van der Waals surface area contributed by atoms with Crippen LogP contribution in [0.25, 0.3) is 0 Å². The second-order valence-corrected chi connectivity index (χ2v) is 4.53. The Morgan fingerprint density at radius 3 is 2.73 bits per heavy atom. The molecule has 1 heteroatoms. The number of hydrogen-bond acceptors (Lipinski definition) is 1.